The Morgan fingerprint density at radius 1 is 1.24 bits per heavy atom. The number of benzene rings is 1. The van der Waals surface area contributed by atoms with E-state index in [1.165, 1.54) is 31.2 Å². The van der Waals surface area contributed by atoms with E-state index < -0.39 is 0 Å². The van der Waals surface area contributed by atoms with Crippen molar-refractivity contribution in [3.8, 4) is 0 Å². The minimum absolute atomic E-state index is 0.165. The number of ketones is 1. The lowest BCUT2D eigenvalue weighted by Gasteiger charge is -2.12. The highest BCUT2D eigenvalue weighted by atomic mass is 16.1. The van der Waals surface area contributed by atoms with E-state index in [-0.39, 0.29) is 5.78 Å². The maximum absolute atomic E-state index is 11.7. The van der Waals surface area contributed by atoms with Crippen molar-refractivity contribution >= 4 is 16.7 Å². The van der Waals surface area contributed by atoms with Gasteiger partial charge in [0.25, 0.3) is 0 Å². The lowest BCUT2D eigenvalue weighted by atomic mass is 10.1. The van der Waals surface area contributed by atoms with Gasteiger partial charge < -0.3 is 4.57 Å². The van der Waals surface area contributed by atoms with Crippen LogP contribution in [0.4, 0.5) is 0 Å². The number of fused-ring (bicyclic) bond motifs is 1. The quantitative estimate of drug-likeness (QED) is 0.712. The van der Waals surface area contributed by atoms with Gasteiger partial charge in [-0.15, -0.1) is 0 Å². The molecule has 2 aromatic rings. The van der Waals surface area contributed by atoms with E-state index in [1.54, 1.807) is 6.92 Å². The molecular formula is C15H17NO. The van der Waals surface area contributed by atoms with Gasteiger partial charge in [-0.25, -0.2) is 0 Å². The van der Waals surface area contributed by atoms with Gasteiger partial charge in [-0.05, 0) is 25.8 Å². The Labute approximate surface area is 101 Å². The van der Waals surface area contributed by atoms with Crippen molar-refractivity contribution in [1.82, 2.24) is 4.57 Å². The van der Waals surface area contributed by atoms with E-state index >= 15 is 0 Å². The number of aromatic nitrogens is 1. The number of Topliss-reactive ketones (excluding diaryl/α,β-unsaturated/α-hetero) is 1. The molecule has 0 unspecified atom stereocenters. The van der Waals surface area contributed by atoms with E-state index in [9.17, 15) is 4.79 Å². The minimum Gasteiger partial charge on any atom is -0.344 e. The molecule has 0 amide bonds. The molecule has 0 saturated heterocycles. The molecular weight excluding hydrogens is 210 g/mol. The van der Waals surface area contributed by atoms with Gasteiger partial charge in [-0.2, -0.15) is 0 Å². The summed E-state index contributed by atoms with van der Waals surface area (Å²) in [4.78, 5) is 11.7. The van der Waals surface area contributed by atoms with Crippen molar-refractivity contribution < 1.29 is 4.79 Å². The second kappa shape index (κ2) is 4.02. The first-order valence-electron chi connectivity index (χ1n) is 6.38. The average molecular weight is 227 g/mol. The fraction of sp³-hybridized carbons (Fsp3) is 0.400. The van der Waals surface area contributed by atoms with E-state index in [4.69, 9.17) is 0 Å². The van der Waals surface area contributed by atoms with Gasteiger partial charge in [-0.3, -0.25) is 4.79 Å². The third-order valence-corrected chi connectivity index (χ3v) is 3.84. The summed E-state index contributed by atoms with van der Waals surface area (Å²) >= 11 is 0. The molecule has 0 atom stereocenters. The Bertz CT molecular complexity index is 561. The smallest absolute Gasteiger partial charge is 0.161 e. The van der Waals surface area contributed by atoms with Crippen molar-refractivity contribution in [2.45, 2.75) is 38.6 Å². The molecule has 1 aromatic heterocycles. The third kappa shape index (κ3) is 1.68. The number of para-hydroxylation sites is 1. The monoisotopic (exact) mass is 227 g/mol. The van der Waals surface area contributed by atoms with Crippen LogP contribution in [0.3, 0.4) is 0 Å². The van der Waals surface area contributed by atoms with Crippen LogP contribution in [-0.4, -0.2) is 10.4 Å². The lowest BCUT2D eigenvalue weighted by Crippen LogP contribution is -2.02. The molecule has 0 aliphatic heterocycles. The van der Waals surface area contributed by atoms with E-state index in [2.05, 4.69) is 29.0 Å². The molecule has 2 heteroatoms. The normalized spacial score (nSPS) is 16.8. The zero-order valence-corrected chi connectivity index (χ0v) is 10.1. The lowest BCUT2D eigenvalue weighted by molar-refractivity contribution is 0.101. The number of nitrogens with zero attached hydrogens (tertiary/aromatic N) is 1. The maximum atomic E-state index is 11.7. The Morgan fingerprint density at radius 3 is 2.65 bits per heavy atom. The van der Waals surface area contributed by atoms with Crippen LogP contribution in [0.2, 0.25) is 0 Å². The predicted octanol–water partition coefficient (Wildman–Crippen LogP) is 3.96. The molecule has 0 bridgehead atoms. The summed E-state index contributed by atoms with van der Waals surface area (Å²) in [6, 6.07) is 8.83. The summed E-state index contributed by atoms with van der Waals surface area (Å²) in [6.07, 6.45) is 7.17. The fourth-order valence-corrected chi connectivity index (χ4v) is 2.97. The Balaban J connectivity index is 2.20. The second-order valence-electron chi connectivity index (χ2n) is 4.96. The maximum Gasteiger partial charge on any atom is 0.161 e. The molecule has 0 spiro atoms. The van der Waals surface area contributed by atoms with E-state index in [1.807, 2.05) is 6.07 Å². The van der Waals surface area contributed by atoms with Gasteiger partial charge in [0.05, 0.1) is 0 Å². The van der Waals surface area contributed by atoms with Crippen molar-refractivity contribution in [3.05, 3.63) is 36.0 Å². The van der Waals surface area contributed by atoms with Crippen LogP contribution >= 0.6 is 0 Å². The summed E-state index contributed by atoms with van der Waals surface area (Å²) in [5, 5.41) is 1.10. The van der Waals surface area contributed by atoms with Gasteiger partial charge in [0.1, 0.15) is 0 Å². The van der Waals surface area contributed by atoms with Crippen molar-refractivity contribution in [1.29, 1.82) is 0 Å². The molecule has 1 aliphatic carbocycles. The summed E-state index contributed by atoms with van der Waals surface area (Å²) < 4.78 is 2.32. The molecule has 0 radical (unpaired) electrons. The molecule has 0 N–H and O–H groups in total. The van der Waals surface area contributed by atoms with Crippen LogP contribution in [0.15, 0.2) is 30.5 Å². The first kappa shape index (κ1) is 10.6. The SMILES string of the molecule is CC(=O)c1cn(C2CCCC2)c2ccccc12. The topological polar surface area (TPSA) is 22.0 Å². The first-order valence-corrected chi connectivity index (χ1v) is 6.38. The van der Waals surface area contributed by atoms with Crippen LogP contribution in [0.1, 0.15) is 49.0 Å². The standard InChI is InChI=1S/C15H17NO/c1-11(17)14-10-16(12-6-2-3-7-12)15-9-5-4-8-13(14)15/h4-5,8-10,12H,2-3,6-7H2,1H3. The second-order valence-corrected chi connectivity index (χ2v) is 4.96. The van der Waals surface area contributed by atoms with Crippen LogP contribution in [-0.2, 0) is 0 Å². The van der Waals surface area contributed by atoms with Crippen LogP contribution in [0.25, 0.3) is 10.9 Å². The highest BCUT2D eigenvalue weighted by molar-refractivity contribution is 6.07. The number of rotatable bonds is 2. The largest absolute Gasteiger partial charge is 0.344 e. The van der Waals surface area contributed by atoms with Crippen LogP contribution < -0.4 is 0 Å². The molecule has 3 rings (SSSR count). The minimum atomic E-state index is 0.165. The number of hydrogen-bond donors (Lipinski definition) is 0. The Kier molecular flexibility index (Phi) is 2.50. The van der Waals surface area contributed by atoms with Gasteiger partial charge in [0.15, 0.2) is 5.78 Å². The molecule has 1 fully saturated rings. The van der Waals surface area contributed by atoms with Crippen molar-refractivity contribution in [3.63, 3.8) is 0 Å². The van der Waals surface area contributed by atoms with E-state index in [0.29, 0.717) is 6.04 Å². The zero-order valence-electron chi connectivity index (χ0n) is 10.1. The Morgan fingerprint density at radius 2 is 1.94 bits per heavy atom. The number of hydrogen-bond acceptors (Lipinski definition) is 1. The molecule has 1 heterocycles. The molecule has 1 saturated carbocycles. The summed E-state index contributed by atoms with van der Waals surface area (Å²) in [5.74, 6) is 0.165. The molecule has 1 aromatic carbocycles. The molecule has 88 valence electrons. The predicted molar refractivity (Wildman–Crippen MR) is 69.4 cm³/mol. The number of carbonyl (C=O) groups excluding carboxylic acids is 1. The van der Waals surface area contributed by atoms with Crippen LogP contribution in [0.5, 0.6) is 0 Å². The summed E-state index contributed by atoms with van der Waals surface area (Å²) in [7, 11) is 0. The van der Waals surface area contributed by atoms with Gasteiger partial charge >= 0.3 is 0 Å². The molecule has 17 heavy (non-hydrogen) atoms. The van der Waals surface area contributed by atoms with Gasteiger partial charge in [0, 0.05) is 28.7 Å². The Hall–Kier alpha value is -1.57. The van der Waals surface area contributed by atoms with Crippen molar-refractivity contribution in [2.24, 2.45) is 0 Å². The van der Waals surface area contributed by atoms with Gasteiger partial charge in [-0.1, -0.05) is 31.0 Å². The highest BCUT2D eigenvalue weighted by Crippen LogP contribution is 2.34. The molecule has 2 nitrogen and oxygen atoms in total. The third-order valence-electron chi connectivity index (χ3n) is 3.84. The van der Waals surface area contributed by atoms with E-state index in [0.717, 1.165) is 10.9 Å². The first-order chi connectivity index (χ1) is 8.27. The summed E-state index contributed by atoms with van der Waals surface area (Å²) in [6.45, 7) is 1.65. The van der Waals surface area contributed by atoms with Gasteiger partial charge in [0.2, 0.25) is 0 Å². The summed E-state index contributed by atoms with van der Waals surface area (Å²) in [5.41, 5.74) is 2.08. The highest BCUT2D eigenvalue weighted by Gasteiger charge is 2.20. The molecule has 1 aliphatic rings. The zero-order chi connectivity index (χ0) is 11.8. The van der Waals surface area contributed by atoms with Crippen molar-refractivity contribution in [2.75, 3.05) is 0 Å². The number of carbonyl (C=O) groups is 1. The fourth-order valence-electron chi connectivity index (χ4n) is 2.97. The average Bonchev–Trinajstić information content (AvgIpc) is 2.95. The van der Waals surface area contributed by atoms with Crippen LogP contribution in [0, 0.1) is 0 Å².